The van der Waals surface area contributed by atoms with Crippen LogP contribution in [0.2, 0.25) is 0 Å². The Balaban J connectivity index is 1.87. The summed E-state index contributed by atoms with van der Waals surface area (Å²) in [7, 11) is 0. The number of rotatable bonds is 4. The molecule has 1 fully saturated rings. The van der Waals surface area contributed by atoms with Gasteiger partial charge < -0.3 is 10.0 Å². The molecule has 2 heterocycles. The monoisotopic (exact) mass is 292 g/mol. The molecule has 3 rings (SSSR count). The molecule has 0 amide bonds. The van der Waals surface area contributed by atoms with Gasteiger partial charge in [-0.3, -0.25) is 14.9 Å². The van der Waals surface area contributed by atoms with E-state index in [1.165, 1.54) is 6.07 Å². The number of aliphatic carboxylic acids is 1. The quantitative estimate of drug-likeness (QED) is 0.660. The van der Waals surface area contributed by atoms with E-state index in [9.17, 15) is 14.9 Å². The molecule has 1 N–H and O–H groups in total. The second kappa shape index (κ2) is 4.69. The highest BCUT2D eigenvalue weighted by Crippen LogP contribution is 2.36. The summed E-state index contributed by atoms with van der Waals surface area (Å²) in [6.07, 6.45) is 0. The summed E-state index contributed by atoms with van der Waals surface area (Å²) in [5.41, 5.74) is 0.939. The number of nitro groups is 1. The number of aromatic nitrogens is 2. The second-order valence-corrected chi connectivity index (χ2v) is 5.11. The van der Waals surface area contributed by atoms with Crippen LogP contribution in [0.25, 0.3) is 11.0 Å². The van der Waals surface area contributed by atoms with E-state index in [1.807, 2.05) is 4.90 Å². The maximum atomic E-state index is 10.9. The first-order valence-electron chi connectivity index (χ1n) is 6.36. The molecular formula is C12H12N4O5. The van der Waals surface area contributed by atoms with Gasteiger partial charge in [0, 0.05) is 25.1 Å². The lowest BCUT2D eigenvalue weighted by molar-refractivity contribution is -0.383. The van der Waals surface area contributed by atoms with Gasteiger partial charge in [-0.25, -0.2) is 4.63 Å². The molecule has 1 aliphatic heterocycles. The Morgan fingerprint density at radius 3 is 2.76 bits per heavy atom. The first-order valence-corrected chi connectivity index (χ1v) is 6.36. The molecule has 0 aliphatic carbocycles. The fourth-order valence-corrected chi connectivity index (χ4v) is 2.47. The molecule has 1 unspecified atom stereocenters. The van der Waals surface area contributed by atoms with Crippen molar-refractivity contribution in [2.24, 2.45) is 11.8 Å². The lowest BCUT2D eigenvalue weighted by atomic mass is 9.86. The third-order valence-electron chi connectivity index (χ3n) is 3.92. The number of carboxylic acid groups (broad SMARTS) is 1. The van der Waals surface area contributed by atoms with Gasteiger partial charge >= 0.3 is 11.7 Å². The van der Waals surface area contributed by atoms with Crippen molar-refractivity contribution in [3.05, 3.63) is 22.2 Å². The van der Waals surface area contributed by atoms with E-state index < -0.39 is 16.8 Å². The van der Waals surface area contributed by atoms with Crippen LogP contribution in [0.4, 0.5) is 11.4 Å². The lowest BCUT2D eigenvalue weighted by Gasteiger charge is -2.42. The Bertz CT molecular complexity index is 722. The number of hydrogen-bond donors (Lipinski definition) is 1. The smallest absolute Gasteiger partial charge is 0.306 e. The summed E-state index contributed by atoms with van der Waals surface area (Å²) >= 11 is 0. The topological polar surface area (TPSA) is 123 Å². The summed E-state index contributed by atoms with van der Waals surface area (Å²) in [6, 6.07) is 2.95. The summed E-state index contributed by atoms with van der Waals surface area (Å²) in [5, 5.41) is 27.2. The van der Waals surface area contributed by atoms with E-state index in [1.54, 1.807) is 13.0 Å². The normalized spacial score (nSPS) is 16.7. The third-order valence-corrected chi connectivity index (χ3v) is 3.92. The molecule has 1 aromatic carbocycles. The molecular weight excluding hydrogens is 280 g/mol. The Morgan fingerprint density at radius 2 is 2.14 bits per heavy atom. The van der Waals surface area contributed by atoms with Crippen molar-refractivity contribution in [3.8, 4) is 0 Å². The molecule has 9 nitrogen and oxygen atoms in total. The van der Waals surface area contributed by atoms with Gasteiger partial charge in [0.15, 0.2) is 5.52 Å². The number of carboxylic acids is 1. The number of fused-ring (bicyclic) bond motifs is 1. The van der Waals surface area contributed by atoms with E-state index in [-0.39, 0.29) is 17.1 Å². The van der Waals surface area contributed by atoms with Crippen LogP contribution in [0.5, 0.6) is 0 Å². The summed E-state index contributed by atoms with van der Waals surface area (Å²) in [5.74, 6) is -1.20. The highest BCUT2D eigenvalue weighted by atomic mass is 16.6. The number of hydrogen-bond acceptors (Lipinski definition) is 7. The van der Waals surface area contributed by atoms with E-state index >= 15 is 0 Å². The molecule has 1 aliphatic rings. The van der Waals surface area contributed by atoms with Gasteiger partial charge in [-0.2, -0.15) is 0 Å². The lowest BCUT2D eigenvalue weighted by Crippen LogP contribution is -2.51. The van der Waals surface area contributed by atoms with Crippen LogP contribution in [0.1, 0.15) is 6.92 Å². The van der Waals surface area contributed by atoms with Crippen LogP contribution in [-0.2, 0) is 4.79 Å². The summed E-state index contributed by atoms with van der Waals surface area (Å²) in [6.45, 7) is 2.80. The molecule has 21 heavy (non-hydrogen) atoms. The fourth-order valence-electron chi connectivity index (χ4n) is 2.47. The number of non-ortho nitro benzene ring substituents is 1. The minimum Gasteiger partial charge on any atom is -0.481 e. The Kier molecular flexibility index (Phi) is 2.96. The molecule has 9 heteroatoms. The molecule has 110 valence electrons. The first-order chi connectivity index (χ1) is 9.99. The van der Waals surface area contributed by atoms with Crippen LogP contribution < -0.4 is 4.90 Å². The third kappa shape index (κ3) is 2.06. The minimum absolute atomic E-state index is 0.0487. The van der Waals surface area contributed by atoms with Gasteiger partial charge in [0.1, 0.15) is 0 Å². The van der Waals surface area contributed by atoms with Crippen LogP contribution in [0.3, 0.4) is 0 Å². The minimum atomic E-state index is -0.823. The van der Waals surface area contributed by atoms with Crippen molar-refractivity contribution in [2.75, 3.05) is 18.0 Å². The number of benzene rings is 1. The number of nitro benzene ring substituents is 1. The van der Waals surface area contributed by atoms with Crippen molar-refractivity contribution in [1.82, 2.24) is 10.3 Å². The predicted octanol–water partition coefficient (Wildman–Crippen LogP) is 1.29. The SMILES string of the molecule is CC(C(=O)O)C1CN(c2ccc([N+](=O)[O-])c3nonc23)C1. The number of nitrogens with zero attached hydrogens (tertiary/aromatic N) is 4. The fraction of sp³-hybridized carbons (Fsp3) is 0.417. The van der Waals surface area contributed by atoms with Crippen LogP contribution >= 0.6 is 0 Å². The Labute approximate surface area is 118 Å². The van der Waals surface area contributed by atoms with Crippen LogP contribution in [-0.4, -0.2) is 39.4 Å². The second-order valence-electron chi connectivity index (χ2n) is 5.11. The predicted molar refractivity (Wildman–Crippen MR) is 71.0 cm³/mol. The van der Waals surface area contributed by atoms with Crippen molar-refractivity contribution < 1.29 is 19.5 Å². The van der Waals surface area contributed by atoms with Gasteiger partial charge in [-0.1, -0.05) is 6.92 Å². The maximum absolute atomic E-state index is 10.9. The van der Waals surface area contributed by atoms with E-state index in [2.05, 4.69) is 14.9 Å². The number of carbonyl (C=O) groups is 1. The van der Waals surface area contributed by atoms with Crippen LogP contribution in [0, 0.1) is 22.0 Å². The molecule has 1 aromatic heterocycles. The largest absolute Gasteiger partial charge is 0.481 e. The summed E-state index contributed by atoms with van der Waals surface area (Å²) in [4.78, 5) is 23.2. The zero-order chi connectivity index (χ0) is 15.1. The molecule has 0 saturated carbocycles. The Hall–Kier alpha value is -2.71. The van der Waals surface area contributed by atoms with E-state index in [4.69, 9.17) is 5.11 Å². The molecule has 0 spiro atoms. The maximum Gasteiger partial charge on any atom is 0.306 e. The molecule has 0 bridgehead atoms. The van der Waals surface area contributed by atoms with Gasteiger partial charge in [0.2, 0.25) is 5.52 Å². The van der Waals surface area contributed by atoms with Gasteiger partial charge in [0.05, 0.1) is 16.5 Å². The molecule has 2 aromatic rings. The standard InChI is InChI=1S/C12H12N4O5/c1-6(12(17)18)7-4-15(5-7)8-2-3-9(16(19)20)11-10(8)13-21-14-11/h2-3,6-7H,4-5H2,1H3,(H,17,18). The highest BCUT2D eigenvalue weighted by Gasteiger charge is 2.36. The number of anilines is 1. The van der Waals surface area contributed by atoms with Gasteiger partial charge in [-0.05, 0) is 16.4 Å². The molecule has 0 radical (unpaired) electrons. The average molecular weight is 292 g/mol. The van der Waals surface area contributed by atoms with Gasteiger partial charge in [0.25, 0.3) is 0 Å². The van der Waals surface area contributed by atoms with E-state index in [0.29, 0.717) is 24.3 Å². The van der Waals surface area contributed by atoms with Crippen molar-refractivity contribution >= 4 is 28.4 Å². The zero-order valence-corrected chi connectivity index (χ0v) is 11.1. The van der Waals surface area contributed by atoms with Crippen molar-refractivity contribution in [1.29, 1.82) is 0 Å². The highest BCUT2D eigenvalue weighted by molar-refractivity contribution is 5.94. The molecule has 1 saturated heterocycles. The molecule has 1 atom stereocenters. The summed E-state index contributed by atoms with van der Waals surface area (Å²) < 4.78 is 4.60. The van der Waals surface area contributed by atoms with E-state index in [0.717, 1.165) is 0 Å². The Morgan fingerprint density at radius 1 is 1.48 bits per heavy atom. The van der Waals surface area contributed by atoms with Crippen molar-refractivity contribution in [2.45, 2.75) is 6.92 Å². The first kappa shape index (κ1) is 13.3. The average Bonchev–Trinajstić information content (AvgIpc) is 2.85. The van der Waals surface area contributed by atoms with Crippen LogP contribution in [0.15, 0.2) is 16.8 Å². The van der Waals surface area contributed by atoms with Crippen molar-refractivity contribution in [3.63, 3.8) is 0 Å². The van der Waals surface area contributed by atoms with Gasteiger partial charge in [-0.15, -0.1) is 0 Å². The zero-order valence-electron chi connectivity index (χ0n) is 11.1.